The predicted molar refractivity (Wildman–Crippen MR) is 99.3 cm³/mol. The van der Waals surface area contributed by atoms with Crippen LogP contribution in [0.15, 0.2) is 12.3 Å². The maximum Gasteiger partial charge on any atom is 0.534 e. The average molecular weight is 452 g/mol. The molecule has 1 aromatic heterocycles. The number of hydrogen-bond donors (Lipinski definition) is 0. The zero-order valence-corrected chi connectivity index (χ0v) is 17.5. The minimum Gasteiger partial charge on any atom is -0.444 e. The summed E-state index contributed by atoms with van der Waals surface area (Å²) in [5.74, 6) is -0.278. The number of aromatic nitrogens is 2. The number of alkyl halides is 3. The molecule has 2 atom stereocenters. The van der Waals surface area contributed by atoms with Gasteiger partial charge in [-0.15, -0.1) is 0 Å². The summed E-state index contributed by atoms with van der Waals surface area (Å²) in [6.07, 6.45) is 1.49. The summed E-state index contributed by atoms with van der Waals surface area (Å²) < 4.78 is 69.4. The molecule has 0 unspecified atom stereocenters. The van der Waals surface area contributed by atoms with Gasteiger partial charge in [0, 0.05) is 38.4 Å². The second-order valence-corrected chi connectivity index (χ2v) is 9.86. The Labute approximate surface area is 172 Å². The first-order chi connectivity index (χ1) is 13.7. The van der Waals surface area contributed by atoms with E-state index in [4.69, 9.17) is 4.74 Å². The number of rotatable bonds is 3. The van der Waals surface area contributed by atoms with Crippen molar-refractivity contribution in [1.29, 1.82) is 0 Å². The van der Waals surface area contributed by atoms with Crippen LogP contribution in [0.25, 0.3) is 0 Å². The third-order valence-electron chi connectivity index (χ3n) is 4.83. The quantitative estimate of drug-likeness (QED) is 0.509. The minimum absolute atomic E-state index is 0.0723. The molecule has 1 amide bonds. The fourth-order valence-electron chi connectivity index (χ4n) is 3.52. The normalized spacial score (nSPS) is 22.6. The topological polar surface area (TPSA) is 102 Å². The SMILES string of the molecule is CC(C)(C)OC(=O)N1CC[C@@H]2CN(c3nccc(OS(=O)(=O)C(F)(F)F)n3)C[C@@H]2C1. The summed E-state index contributed by atoms with van der Waals surface area (Å²) in [4.78, 5) is 23.6. The lowest BCUT2D eigenvalue weighted by Crippen LogP contribution is -2.45. The van der Waals surface area contributed by atoms with E-state index in [1.54, 1.807) is 30.6 Å². The van der Waals surface area contributed by atoms with Crippen LogP contribution in [0.4, 0.5) is 23.9 Å². The highest BCUT2D eigenvalue weighted by Gasteiger charge is 2.49. The third kappa shape index (κ3) is 5.05. The van der Waals surface area contributed by atoms with Crippen molar-refractivity contribution < 1.29 is 35.3 Å². The van der Waals surface area contributed by atoms with Crippen LogP contribution in [0.1, 0.15) is 27.2 Å². The Kier molecular flexibility index (Phi) is 5.78. The van der Waals surface area contributed by atoms with Crippen LogP contribution in [0.2, 0.25) is 0 Å². The van der Waals surface area contributed by atoms with Gasteiger partial charge in [0.2, 0.25) is 11.8 Å². The second-order valence-electron chi connectivity index (χ2n) is 8.32. The molecule has 0 bridgehead atoms. The van der Waals surface area contributed by atoms with Crippen LogP contribution in [0, 0.1) is 11.8 Å². The second kappa shape index (κ2) is 7.75. The van der Waals surface area contributed by atoms with Gasteiger partial charge in [0.25, 0.3) is 0 Å². The summed E-state index contributed by atoms with van der Waals surface area (Å²) in [7, 11) is -5.81. The summed E-state index contributed by atoms with van der Waals surface area (Å²) >= 11 is 0. The van der Waals surface area contributed by atoms with E-state index in [0.29, 0.717) is 26.2 Å². The monoisotopic (exact) mass is 452 g/mol. The highest BCUT2D eigenvalue weighted by molar-refractivity contribution is 7.87. The molecule has 0 spiro atoms. The average Bonchev–Trinajstić information content (AvgIpc) is 3.02. The van der Waals surface area contributed by atoms with E-state index in [9.17, 15) is 26.4 Å². The molecule has 3 heterocycles. The molecule has 3 rings (SSSR count). The van der Waals surface area contributed by atoms with Gasteiger partial charge in [0.1, 0.15) is 5.60 Å². The van der Waals surface area contributed by atoms with E-state index in [-0.39, 0.29) is 23.9 Å². The van der Waals surface area contributed by atoms with Crippen LogP contribution in [0.3, 0.4) is 0 Å². The highest BCUT2D eigenvalue weighted by atomic mass is 32.2. The number of piperidine rings is 1. The van der Waals surface area contributed by atoms with Gasteiger partial charge in [-0.25, -0.2) is 9.78 Å². The van der Waals surface area contributed by atoms with E-state index < -0.39 is 27.1 Å². The number of halogens is 3. The zero-order chi connectivity index (χ0) is 22.3. The van der Waals surface area contributed by atoms with E-state index >= 15 is 0 Å². The molecule has 2 aliphatic rings. The first-order valence-electron chi connectivity index (χ1n) is 9.32. The maximum atomic E-state index is 12.5. The molecular weight excluding hydrogens is 429 g/mol. The van der Waals surface area contributed by atoms with Crippen molar-refractivity contribution in [2.24, 2.45) is 11.8 Å². The van der Waals surface area contributed by atoms with Crippen LogP contribution in [-0.2, 0) is 14.9 Å². The summed E-state index contributed by atoms with van der Waals surface area (Å²) in [5, 5.41) is 0. The number of carbonyl (C=O) groups is 1. The first-order valence-corrected chi connectivity index (χ1v) is 10.7. The van der Waals surface area contributed by atoms with Crippen molar-refractivity contribution >= 4 is 22.2 Å². The van der Waals surface area contributed by atoms with Gasteiger partial charge >= 0.3 is 21.7 Å². The van der Waals surface area contributed by atoms with Crippen LogP contribution in [0.5, 0.6) is 5.88 Å². The Hall–Kier alpha value is -2.31. The lowest BCUT2D eigenvalue weighted by Gasteiger charge is -2.35. The van der Waals surface area contributed by atoms with Crippen molar-refractivity contribution in [3.05, 3.63) is 12.3 Å². The Morgan fingerprint density at radius 2 is 1.83 bits per heavy atom. The molecule has 1 aromatic rings. The molecule has 0 saturated carbocycles. The van der Waals surface area contributed by atoms with Gasteiger partial charge in [0.15, 0.2) is 0 Å². The molecule has 9 nitrogen and oxygen atoms in total. The fraction of sp³-hybridized carbons (Fsp3) is 0.706. The molecule has 2 fully saturated rings. The fourth-order valence-corrected chi connectivity index (χ4v) is 3.93. The molecule has 168 valence electrons. The number of hydrogen-bond acceptors (Lipinski definition) is 8. The molecule has 2 saturated heterocycles. The van der Waals surface area contributed by atoms with Gasteiger partial charge in [0.05, 0.1) is 0 Å². The Bertz CT molecular complexity index is 903. The summed E-state index contributed by atoms with van der Waals surface area (Å²) in [6.45, 7) is 7.41. The first kappa shape index (κ1) is 22.4. The van der Waals surface area contributed by atoms with Crippen LogP contribution in [-0.4, -0.2) is 66.7 Å². The zero-order valence-electron chi connectivity index (χ0n) is 16.7. The van der Waals surface area contributed by atoms with Crippen LogP contribution >= 0.6 is 0 Å². The molecule has 2 aliphatic heterocycles. The molecule has 0 N–H and O–H groups in total. The lowest BCUT2D eigenvalue weighted by molar-refractivity contribution is -0.0501. The van der Waals surface area contributed by atoms with E-state index in [1.165, 1.54) is 0 Å². The molecule has 0 radical (unpaired) electrons. The number of fused-ring (bicyclic) bond motifs is 1. The van der Waals surface area contributed by atoms with Crippen molar-refractivity contribution in [2.45, 2.75) is 38.3 Å². The predicted octanol–water partition coefficient (Wildman–Crippen LogP) is 2.40. The number of amides is 1. The number of nitrogens with zero attached hydrogens (tertiary/aromatic N) is 4. The lowest BCUT2D eigenvalue weighted by atomic mass is 9.89. The largest absolute Gasteiger partial charge is 0.534 e. The van der Waals surface area contributed by atoms with Gasteiger partial charge in [-0.2, -0.15) is 26.6 Å². The van der Waals surface area contributed by atoms with Crippen LogP contribution < -0.4 is 9.08 Å². The summed E-state index contributed by atoms with van der Waals surface area (Å²) in [6, 6.07) is 0.945. The minimum atomic E-state index is -5.81. The highest BCUT2D eigenvalue weighted by Crippen LogP contribution is 2.34. The van der Waals surface area contributed by atoms with Crippen molar-refractivity contribution in [1.82, 2.24) is 14.9 Å². The molecular formula is C17H23F3N4O5S. The molecule has 0 aliphatic carbocycles. The summed E-state index contributed by atoms with van der Waals surface area (Å²) in [5.41, 5.74) is -6.15. The van der Waals surface area contributed by atoms with Gasteiger partial charge in [-0.3, -0.25) is 0 Å². The van der Waals surface area contributed by atoms with E-state index in [2.05, 4.69) is 14.2 Å². The smallest absolute Gasteiger partial charge is 0.444 e. The standard InChI is InChI=1S/C17H23F3N4O5S/c1-16(2,3)28-15(25)23-7-5-11-8-24(10-12(11)9-23)14-21-6-4-13(22-14)29-30(26,27)17(18,19)20/h4,6,11-12H,5,7-10H2,1-3H3/t11-,12+/m1/s1. The maximum absolute atomic E-state index is 12.5. The Morgan fingerprint density at radius 1 is 1.17 bits per heavy atom. The molecule has 30 heavy (non-hydrogen) atoms. The van der Waals surface area contributed by atoms with Gasteiger partial charge < -0.3 is 18.7 Å². The van der Waals surface area contributed by atoms with Crippen molar-refractivity contribution in [3.63, 3.8) is 0 Å². The van der Waals surface area contributed by atoms with Gasteiger partial charge in [-0.1, -0.05) is 0 Å². The number of carbonyl (C=O) groups excluding carboxylic acids is 1. The van der Waals surface area contributed by atoms with E-state index in [0.717, 1.165) is 18.7 Å². The molecule has 13 heteroatoms. The number of anilines is 1. The van der Waals surface area contributed by atoms with Crippen molar-refractivity contribution in [3.8, 4) is 5.88 Å². The molecule has 0 aromatic carbocycles. The third-order valence-corrected chi connectivity index (χ3v) is 5.79. The Morgan fingerprint density at radius 3 is 2.47 bits per heavy atom. The number of ether oxygens (including phenoxy) is 1. The van der Waals surface area contributed by atoms with Crippen molar-refractivity contribution in [2.75, 3.05) is 31.1 Å². The van der Waals surface area contributed by atoms with E-state index in [1.807, 2.05) is 0 Å². The van der Waals surface area contributed by atoms with Gasteiger partial charge in [-0.05, 0) is 39.0 Å². The number of likely N-dealkylation sites (tertiary alicyclic amines) is 1. The Balaban J connectivity index is 1.67.